The van der Waals surface area contributed by atoms with Crippen molar-refractivity contribution in [3.63, 3.8) is 0 Å². The fraction of sp³-hybridized carbons (Fsp3) is 0.267. The smallest absolute Gasteiger partial charge is 0.741 e. The third-order valence-corrected chi connectivity index (χ3v) is 3.58. The van der Waals surface area contributed by atoms with Gasteiger partial charge in [0.05, 0.1) is 22.1 Å². The van der Waals surface area contributed by atoms with Crippen LogP contribution < -0.4 is 10.9 Å². The van der Waals surface area contributed by atoms with E-state index in [1.165, 1.54) is 12.1 Å². The average molecular weight is 470 g/mol. The summed E-state index contributed by atoms with van der Waals surface area (Å²) in [5, 5.41) is 26.9. The fourth-order valence-corrected chi connectivity index (χ4v) is 1.65. The third kappa shape index (κ3) is 8.95. The Kier molecular flexibility index (Phi) is 11.7. The molecule has 0 spiro atoms. The van der Waals surface area contributed by atoms with Gasteiger partial charge in [0.1, 0.15) is 0 Å². The van der Waals surface area contributed by atoms with Crippen molar-refractivity contribution in [1.82, 2.24) is 10.9 Å². The first-order valence-corrected chi connectivity index (χ1v) is 8.35. The van der Waals surface area contributed by atoms with Crippen molar-refractivity contribution in [1.29, 1.82) is 0 Å². The van der Waals surface area contributed by atoms with Crippen LogP contribution in [0.5, 0.6) is 0 Å². The zero-order valence-electron chi connectivity index (χ0n) is 15.4. The Balaban J connectivity index is 0.00000729. The molecular formula is C15H18CuN8O2S2. The van der Waals surface area contributed by atoms with Crippen LogP contribution in [0.3, 0.4) is 0 Å². The van der Waals surface area contributed by atoms with Gasteiger partial charge in [-0.25, -0.2) is 0 Å². The molecule has 10 nitrogen and oxygen atoms in total. The van der Waals surface area contributed by atoms with Gasteiger partial charge in [-0.3, -0.25) is 26.0 Å². The average Bonchev–Trinajstić information content (AvgIpc) is 2.67. The molecule has 28 heavy (non-hydrogen) atoms. The van der Waals surface area contributed by atoms with Gasteiger partial charge >= 0.3 is 17.1 Å². The van der Waals surface area contributed by atoms with Gasteiger partial charge in [0.25, 0.3) is 5.69 Å². The molecule has 1 aromatic rings. The van der Waals surface area contributed by atoms with Gasteiger partial charge in [-0.15, -0.1) is 0 Å². The Morgan fingerprint density at radius 2 is 1.68 bits per heavy atom. The second-order valence-corrected chi connectivity index (χ2v) is 5.82. The van der Waals surface area contributed by atoms with Crippen LogP contribution in [0.25, 0.3) is 0 Å². The Bertz CT molecular complexity index is 852. The van der Waals surface area contributed by atoms with E-state index in [4.69, 9.17) is 25.3 Å². The zero-order valence-corrected chi connectivity index (χ0v) is 18.0. The van der Waals surface area contributed by atoms with Crippen molar-refractivity contribution in [2.45, 2.75) is 20.8 Å². The first kappa shape index (κ1) is 25.5. The first-order valence-electron chi connectivity index (χ1n) is 7.53. The van der Waals surface area contributed by atoms with Gasteiger partial charge in [-0.2, -0.15) is 20.4 Å². The van der Waals surface area contributed by atoms with Gasteiger partial charge < -0.3 is 25.3 Å². The summed E-state index contributed by atoms with van der Waals surface area (Å²) in [7, 11) is 1.55. The zero-order chi connectivity index (χ0) is 20.4. The molecular weight excluding hydrogens is 452 g/mol. The van der Waals surface area contributed by atoms with E-state index in [0.717, 1.165) is 0 Å². The third-order valence-electron chi connectivity index (χ3n) is 3.13. The maximum Gasteiger partial charge on any atom is 2.00 e. The molecule has 0 bridgehead atoms. The predicted octanol–water partition coefficient (Wildman–Crippen LogP) is 1.68. The van der Waals surface area contributed by atoms with Crippen molar-refractivity contribution in [2.75, 3.05) is 7.05 Å². The minimum absolute atomic E-state index is 0. The van der Waals surface area contributed by atoms with E-state index in [1.54, 1.807) is 40.0 Å². The molecule has 0 unspecified atom stereocenters. The standard InChI is InChI=1S/C15H20N8O2S2.Cu/c1-9(17-20-14(26)16-4)10(2)18-21-15(27)22-19-11(3)12-6-5-7-13(8-12)23(24)25;/h5-8H,1-4H3,(H2,16,20,26)(H2,21,22,27);/q;+2/p-2/b17-9+,18-10+,19-11+;/i;1+0. The molecule has 0 aliphatic rings. The number of benzene rings is 1. The number of aliphatic imine (C=N–C) groups is 1. The second kappa shape index (κ2) is 12.8. The van der Waals surface area contributed by atoms with Crippen LogP contribution in [0.1, 0.15) is 26.3 Å². The van der Waals surface area contributed by atoms with Gasteiger partial charge in [0.2, 0.25) is 0 Å². The van der Waals surface area contributed by atoms with E-state index in [2.05, 4.69) is 36.2 Å². The minimum Gasteiger partial charge on any atom is -0.741 e. The van der Waals surface area contributed by atoms with E-state index < -0.39 is 4.92 Å². The molecule has 0 fully saturated rings. The first-order chi connectivity index (χ1) is 12.7. The van der Waals surface area contributed by atoms with Crippen LogP contribution in [0, 0.1) is 10.1 Å². The topological polar surface area (TPSA) is 129 Å². The number of nitro groups is 1. The summed E-state index contributed by atoms with van der Waals surface area (Å²) in [5.41, 5.74) is 7.31. The van der Waals surface area contributed by atoms with Gasteiger partial charge in [-0.05, 0) is 25.9 Å². The fourth-order valence-electron chi connectivity index (χ4n) is 1.52. The Hall–Kier alpha value is -2.47. The van der Waals surface area contributed by atoms with Gasteiger partial charge in [-0.1, -0.05) is 12.1 Å². The molecule has 0 atom stereocenters. The molecule has 2 N–H and O–H groups in total. The molecule has 0 saturated carbocycles. The number of amidine groups is 2. The summed E-state index contributed by atoms with van der Waals surface area (Å²) in [6, 6.07) is 6.11. The van der Waals surface area contributed by atoms with Crippen molar-refractivity contribution in [3.8, 4) is 0 Å². The minimum atomic E-state index is -0.471. The summed E-state index contributed by atoms with van der Waals surface area (Å²) in [4.78, 5) is 14.1. The van der Waals surface area contributed by atoms with Crippen LogP contribution in [0.4, 0.5) is 5.69 Å². The van der Waals surface area contributed by atoms with E-state index in [9.17, 15) is 10.1 Å². The number of nitrogens with one attached hydrogen (secondary N) is 2. The molecule has 0 amide bonds. The SMILES string of the molecule is CN=C([S-])N/N=C(C)/C(C)=N/N=C(\[S-])N/N=C(\C)c1cccc([N+](=O)[O-])c1.[64Cu+2]. The molecule has 1 aromatic carbocycles. The molecule has 0 aliphatic heterocycles. The van der Waals surface area contributed by atoms with Crippen LogP contribution in [-0.2, 0) is 42.3 Å². The summed E-state index contributed by atoms with van der Waals surface area (Å²) in [5.74, 6) is 0. The Morgan fingerprint density at radius 1 is 1.04 bits per heavy atom. The van der Waals surface area contributed by atoms with E-state index in [1.807, 2.05) is 0 Å². The van der Waals surface area contributed by atoms with Crippen molar-refractivity contribution in [2.24, 2.45) is 25.4 Å². The Morgan fingerprint density at radius 3 is 2.29 bits per heavy atom. The van der Waals surface area contributed by atoms with E-state index >= 15 is 0 Å². The molecule has 0 saturated heterocycles. The van der Waals surface area contributed by atoms with Crippen molar-refractivity contribution >= 4 is 58.4 Å². The number of nitrogens with zero attached hydrogens (tertiary/aromatic N) is 6. The quantitative estimate of drug-likeness (QED) is 0.163. The van der Waals surface area contributed by atoms with Crippen LogP contribution in [0.15, 0.2) is 49.7 Å². The molecule has 0 aliphatic carbocycles. The number of hydrazone groups is 2. The normalized spacial score (nSPS) is 13.6. The number of non-ortho nitro benzene ring substituents is 1. The van der Waals surface area contributed by atoms with E-state index in [-0.39, 0.29) is 33.1 Å². The van der Waals surface area contributed by atoms with Crippen molar-refractivity contribution in [3.05, 3.63) is 39.9 Å². The maximum atomic E-state index is 10.8. The predicted molar refractivity (Wildman–Crippen MR) is 113 cm³/mol. The van der Waals surface area contributed by atoms with Gasteiger partial charge in [0, 0.05) is 29.9 Å². The number of hydrogen-bond acceptors (Lipinski definition) is 9. The molecule has 1 rings (SSSR count). The summed E-state index contributed by atoms with van der Waals surface area (Å²) in [6.45, 7) is 5.12. The second-order valence-electron chi connectivity index (χ2n) is 5.04. The molecule has 0 aromatic heterocycles. The molecule has 153 valence electrons. The Labute approximate surface area is 184 Å². The van der Waals surface area contributed by atoms with Crippen LogP contribution >= 0.6 is 0 Å². The maximum absolute atomic E-state index is 10.8. The summed E-state index contributed by atoms with van der Waals surface area (Å²) in [6.07, 6.45) is 0. The van der Waals surface area contributed by atoms with Crippen LogP contribution in [-0.4, -0.2) is 39.4 Å². The molecule has 0 heterocycles. The van der Waals surface area contributed by atoms with Crippen molar-refractivity contribution < 1.29 is 22.0 Å². The number of rotatable bonds is 6. The van der Waals surface area contributed by atoms with Gasteiger partial charge in [0.15, 0.2) is 0 Å². The number of hydrogen-bond donors (Lipinski definition) is 2. The summed E-state index contributed by atoms with van der Waals surface area (Å²) >= 11 is 9.88. The number of nitro benzene ring substituents is 1. The molecule has 1 radical (unpaired) electrons. The molecule has 13 heteroatoms. The summed E-state index contributed by atoms with van der Waals surface area (Å²) < 4.78 is 0. The largest absolute Gasteiger partial charge is 2.00 e. The monoisotopic (exact) mass is 470 g/mol. The van der Waals surface area contributed by atoms with E-state index in [0.29, 0.717) is 22.7 Å². The van der Waals surface area contributed by atoms with Crippen LogP contribution in [0.2, 0.25) is 0 Å².